The van der Waals surface area contributed by atoms with Gasteiger partial charge in [-0.2, -0.15) is 4.31 Å². The topological polar surface area (TPSA) is 49.4 Å². The van der Waals surface area contributed by atoms with Crippen LogP contribution in [0, 0.1) is 0 Å². The van der Waals surface area contributed by atoms with Gasteiger partial charge in [0.15, 0.2) is 0 Å². The fourth-order valence-corrected chi connectivity index (χ4v) is 4.76. The Balaban J connectivity index is 2.94. The molecule has 0 fully saturated rings. The Morgan fingerprint density at radius 3 is 2.56 bits per heavy atom. The molecular weight excluding hydrogens is 268 g/mol. The molecule has 18 heavy (non-hydrogen) atoms. The van der Waals surface area contributed by atoms with Gasteiger partial charge in [-0.1, -0.05) is 13.8 Å². The van der Waals surface area contributed by atoms with Crippen molar-refractivity contribution < 1.29 is 8.42 Å². The van der Waals surface area contributed by atoms with Crippen molar-refractivity contribution in [2.75, 3.05) is 13.1 Å². The molecule has 0 saturated carbocycles. The minimum Gasteiger partial charge on any atom is -0.313 e. The van der Waals surface area contributed by atoms with E-state index in [1.165, 1.54) is 15.6 Å². The minimum absolute atomic E-state index is 0.0145. The van der Waals surface area contributed by atoms with Gasteiger partial charge < -0.3 is 5.32 Å². The van der Waals surface area contributed by atoms with E-state index in [1.54, 1.807) is 6.07 Å². The summed E-state index contributed by atoms with van der Waals surface area (Å²) in [5, 5.41) is 5.10. The Hall–Kier alpha value is -0.430. The fraction of sp³-hybridized carbons (Fsp3) is 0.667. The third-order valence-corrected chi connectivity index (χ3v) is 6.27. The van der Waals surface area contributed by atoms with Crippen molar-refractivity contribution in [3.8, 4) is 0 Å². The van der Waals surface area contributed by atoms with Crippen molar-refractivity contribution >= 4 is 21.4 Å². The molecule has 104 valence electrons. The zero-order valence-electron chi connectivity index (χ0n) is 11.4. The molecule has 0 radical (unpaired) electrons. The monoisotopic (exact) mass is 290 g/mol. The van der Waals surface area contributed by atoms with Gasteiger partial charge >= 0.3 is 0 Å². The summed E-state index contributed by atoms with van der Waals surface area (Å²) in [4.78, 5) is 0. The van der Waals surface area contributed by atoms with E-state index in [9.17, 15) is 8.42 Å². The number of hydrogen-bond acceptors (Lipinski definition) is 4. The summed E-state index contributed by atoms with van der Waals surface area (Å²) in [6.07, 6.45) is 0. The largest absolute Gasteiger partial charge is 0.313 e. The van der Waals surface area contributed by atoms with Gasteiger partial charge in [-0.25, -0.2) is 8.42 Å². The number of nitrogens with one attached hydrogen (secondary N) is 1. The second-order valence-electron chi connectivity index (χ2n) is 4.36. The van der Waals surface area contributed by atoms with Crippen LogP contribution < -0.4 is 5.32 Å². The lowest BCUT2D eigenvalue weighted by Gasteiger charge is -2.23. The molecule has 0 aliphatic heterocycles. The first-order valence-corrected chi connectivity index (χ1v) is 8.55. The molecule has 1 heterocycles. The molecule has 0 bridgehead atoms. The van der Waals surface area contributed by atoms with Crippen LogP contribution in [0.15, 0.2) is 15.7 Å². The third-order valence-electron chi connectivity index (χ3n) is 2.66. The summed E-state index contributed by atoms with van der Waals surface area (Å²) < 4.78 is 26.8. The molecule has 0 atom stereocenters. The first-order chi connectivity index (χ1) is 8.43. The van der Waals surface area contributed by atoms with Crippen molar-refractivity contribution in [2.24, 2.45) is 0 Å². The van der Waals surface area contributed by atoms with E-state index in [2.05, 4.69) is 5.32 Å². The van der Waals surface area contributed by atoms with E-state index in [-0.39, 0.29) is 6.04 Å². The Bertz CT molecular complexity index is 466. The van der Waals surface area contributed by atoms with Crippen molar-refractivity contribution in [1.82, 2.24) is 9.62 Å². The first kappa shape index (κ1) is 15.6. The van der Waals surface area contributed by atoms with Crippen molar-refractivity contribution in [3.05, 3.63) is 17.0 Å². The minimum atomic E-state index is -3.33. The van der Waals surface area contributed by atoms with Crippen LogP contribution in [0.25, 0.3) is 0 Å². The maximum Gasteiger partial charge on any atom is 0.252 e. The summed E-state index contributed by atoms with van der Waals surface area (Å²) in [6, 6.07) is 1.76. The maximum atomic E-state index is 12.4. The number of sulfonamides is 1. The summed E-state index contributed by atoms with van der Waals surface area (Å²) in [7, 11) is -3.33. The van der Waals surface area contributed by atoms with Crippen molar-refractivity contribution in [3.63, 3.8) is 0 Å². The van der Waals surface area contributed by atoms with E-state index in [0.29, 0.717) is 10.8 Å². The Morgan fingerprint density at radius 1 is 1.39 bits per heavy atom. The quantitative estimate of drug-likeness (QED) is 0.838. The second-order valence-corrected chi connectivity index (χ2v) is 7.39. The van der Waals surface area contributed by atoms with Gasteiger partial charge in [0.2, 0.25) is 0 Å². The summed E-state index contributed by atoms with van der Waals surface area (Å²) in [5.74, 6) is 0. The van der Waals surface area contributed by atoms with Crippen LogP contribution in [-0.4, -0.2) is 31.9 Å². The molecule has 0 saturated heterocycles. The Labute approximate surface area is 114 Å². The predicted molar refractivity (Wildman–Crippen MR) is 76.4 cm³/mol. The average Bonchev–Trinajstić information content (AvgIpc) is 2.75. The normalized spacial score (nSPS) is 12.6. The van der Waals surface area contributed by atoms with Crippen LogP contribution in [0.1, 0.15) is 33.3 Å². The highest BCUT2D eigenvalue weighted by molar-refractivity contribution is 7.91. The average molecular weight is 290 g/mol. The summed E-state index contributed by atoms with van der Waals surface area (Å²) in [5.41, 5.74) is 1.03. The molecule has 0 aliphatic rings. The molecule has 0 amide bonds. The zero-order valence-corrected chi connectivity index (χ0v) is 13.1. The van der Waals surface area contributed by atoms with Gasteiger partial charge in [0.05, 0.1) is 0 Å². The van der Waals surface area contributed by atoms with Crippen molar-refractivity contribution in [2.45, 2.75) is 44.5 Å². The van der Waals surface area contributed by atoms with E-state index in [4.69, 9.17) is 0 Å². The SMILES string of the molecule is CCNCc1csc(S(=O)(=O)N(CC)C(C)C)c1. The van der Waals surface area contributed by atoms with Gasteiger partial charge in [0.1, 0.15) is 4.21 Å². The third kappa shape index (κ3) is 3.54. The Morgan fingerprint density at radius 2 is 2.06 bits per heavy atom. The molecule has 0 unspecified atom stereocenters. The number of nitrogens with zero attached hydrogens (tertiary/aromatic N) is 1. The maximum absolute atomic E-state index is 12.4. The van der Waals surface area contributed by atoms with Gasteiger partial charge in [0.25, 0.3) is 10.0 Å². The lowest BCUT2D eigenvalue weighted by Crippen LogP contribution is -2.36. The second kappa shape index (κ2) is 6.65. The number of thiophene rings is 1. The molecule has 1 rings (SSSR count). The van der Waals surface area contributed by atoms with E-state index in [1.807, 2.05) is 33.1 Å². The molecule has 6 heteroatoms. The van der Waals surface area contributed by atoms with Gasteiger partial charge in [0, 0.05) is 19.1 Å². The molecule has 0 aliphatic carbocycles. The van der Waals surface area contributed by atoms with Crippen LogP contribution in [0.2, 0.25) is 0 Å². The number of hydrogen-bond donors (Lipinski definition) is 1. The molecule has 0 spiro atoms. The standard InChI is InChI=1S/C12H22N2O2S2/c1-5-13-8-11-7-12(17-9-11)18(15,16)14(6-2)10(3)4/h7,9-10,13H,5-6,8H2,1-4H3. The van der Waals surface area contributed by atoms with Gasteiger partial charge in [-0.3, -0.25) is 0 Å². The van der Waals surface area contributed by atoms with Crippen LogP contribution >= 0.6 is 11.3 Å². The summed E-state index contributed by atoms with van der Waals surface area (Å²) in [6.45, 7) is 9.79. The Kier molecular flexibility index (Phi) is 5.78. The first-order valence-electron chi connectivity index (χ1n) is 6.23. The molecule has 1 aromatic heterocycles. The molecule has 1 aromatic rings. The fourth-order valence-electron chi connectivity index (χ4n) is 1.78. The highest BCUT2D eigenvalue weighted by atomic mass is 32.2. The molecule has 4 nitrogen and oxygen atoms in total. The molecule has 1 N–H and O–H groups in total. The van der Waals surface area contributed by atoms with Crippen LogP contribution in [0.4, 0.5) is 0 Å². The van der Waals surface area contributed by atoms with E-state index >= 15 is 0 Å². The van der Waals surface area contributed by atoms with Crippen LogP contribution in [0.3, 0.4) is 0 Å². The van der Waals surface area contributed by atoms with Crippen LogP contribution in [-0.2, 0) is 16.6 Å². The van der Waals surface area contributed by atoms with Gasteiger partial charge in [-0.15, -0.1) is 11.3 Å². The predicted octanol–water partition coefficient (Wildman–Crippen LogP) is 2.28. The lowest BCUT2D eigenvalue weighted by molar-refractivity contribution is 0.370. The van der Waals surface area contributed by atoms with Crippen molar-refractivity contribution in [1.29, 1.82) is 0 Å². The highest BCUT2D eigenvalue weighted by Crippen LogP contribution is 2.25. The zero-order chi connectivity index (χ0) is 13.8. The highest BCUT2D eigenvalue weighted by Gasteiger charge is 2.26. The molecule has 0 aromatic carbocycles. The summed E-state index contributed by atoms with van der Waals surface area (Å²) >= 11 is 1.30. The van der Waals surface area contributed by atoms with E-state index < -0.39 is 10.0 Å². The molecular formula is C12H22N2O2S2. The lowest BCUT2D eigenvalue weighted by atomic mass is 10.3. The van der Waals surface area contributed by atoms with E-state index in [0.717, 1.165) is 18.7 Å². The smallest absolute Gasteiger partial charge is 0.252 e. The van der Waals surface area contributed by atoms with Crippen LogP contribution in [0.5, 0.6) is 0 Å². The van der Waals surface area contributed by atoms with Gasteiger partial charge in [-0.05, 0) is 37.4 Å². The number of rotatable bonds is 7.